The summed E-state index contributed by atoms with van der Waals surface area (Å²) >= 11 is 0. The molecule has 1 aromatic rings. The maximum Gasteiger partial charge on any atom is 0.248 e. The molecule has 1 aliphatic rings. The summed E-state index contributed by atoms with van der Waals surface area (Å²) in [5.74, 6) is -0.497. The van der Waals surface area contributed by atoms with Gasteiger partial charge in [0.15, 0.2) is 0 Å². The minimum Gasteiger partial charge on any atom is -0.366 e. The Balaban J connectivity index is 1.96. The topological polar surface area (TPSA) is 84.2 Å². The lowest BCUT2D eigenvalue weighted by molar-refractivity contribution is -0.118. The summed E-state index contributed by atoms with van der Waals surface area (Å²) in [6.07, 6.45) is 3.06. The maximum atomic E-state index is 11.9. The van der Waals surface area contributed by atoms with Crippen LogP contribution in [0.25, 0.3) is 0 Å². The molecule has 1 unspecified atom stereocenters. The summed E-state index contributed by atoms with van der Waals surface area (Å²) in [7, 11) is 0. The molecule has 2 amide bonds. The molecule has 0 aromatic heterocycles. The number of piperidine rings is 1. The third-order valence-corrected chi connectivity index (χ3v) is 3.06. The smallest absolute Gasteiger partial charge is 0.248 e. The van der Waals surface area contributed by atoms with E-state index in [0.717, 1.165) is 25.8 Å². The molecule has 1 heterocycles. The van der Waals surface area contributed by atoms with Crippen molar-refractivity contribution in [2.75, 3.05) is 11.9 Å². The van der Waals surface area contributed by atoms with Gasteiger partial charge in [0.2, 0.25) is 11.8 Å². The van der Waals surface area contributed by atoms with Gasteiger partial charge in [-0.25, -0.2) is 0 Å². The standard InChI is InChI=1S/C13H17N3O2/c14-12(17)9-4-6-10(7-5-9)16-13(18)11-3-1-2-8-15-11/h4-7,11,15H,1-3,8H2,(H2,14,17)(H,16,18). The van der Waals surface area contributed by atoms with Gasteiger partial charge in [-0.2, -0.15) is 0 Å². The zero-order valence-corrected chi connectivity index (χ0v) is 10.1. The fourth-order valence-electron chi connectivity index (χ4n) is 2.02. The van der Waals surface area contributed by atoms with Crippen LogP contribution in [0.15, 0.2) is 24.3 Å². The van der Waals surface area contributed by atoms with E-state index >= 15 is 0 Å². The average Bonchev–Trinajstić information content (AvgIpc) is 2.40. The Morgan fingerprint density at radius 2 is 1.94 bits per heavy atom. The molecule has 0 bridgehead atoms. The lowest BCUT2D eigenvalue weighted by Gasteiger charge is -2.22. The largest absolute Gasteiger partial charge is 0.366 e. The first kappa shape index (κ1) is 12.6. The minimum absolute atomic E-state index is 0.0264. The molecule has 18 heavy (non-hydrogen) atoms. The van der Waals surface area contributed by atoms with E-state index in [4.69, 9.17) is 5.73 Å². The Labute approximate surface area is 106 Å². The Bertz CT molecular complexity index is 436. The molecule has 1 atom stereocenters. The van der Waals surface area contributed by atoms with Crippen molar-refractivity contribution in [3.63, 3.8) is 0 Å². The number of carbonyl (C=O) groups is 2. The van der Waals surface area contributed by atoms with Crippen LogP contribution in [-0.4, -0.2) is 24.4 Å². The molecule has 5 nitrogen and oxygen atoms in total. The number of primary amides is 1. The number of hydrogen-bond acceptors (Lipinski definition) is 3. The number of benzene rings is 1. The summed E-state index contributed by atoms with van der Waals surface area (Å²) in [4.78, 5) is 22.8. The van der Waals surface area contributed by atoms with E-state index in [0.29, 0.717) is 11.3 Å². The second-order valence-electron chi connectivity index (χ2n) is 4.43. The third-order valence-electron chi connectivity index (χ3n) is 3.06. The van der Waals surface area contributed by atoms with Crippen LogP contribution in [0.4, 0.5) is 5.69 Å². The highest BCUT2D eigenvalue weighted by Crippen LogP contribution is 2.12. The highest BCUT2D eigenvalue weighted by Gasteiger charge is 2.20. The van der Waals surface area contributed by atoms with E-state index in [9.17, 15) is 9.59 Å². The van der Waals surface area contributed by atoms with E-state index in [1.54, 1.807) is 24.3 Å². The number of nitrogens with two attached hydrogens (primary N) is 1. The fourth-order valence-corrected chi connectivity index (χ4v) is 2.02. The van der Waals surface area contributed by atoms with Crippen LogP contribution in [0.2, 0.25) is 0 Å². The molecule has 1 aromatic carbocycles. The van der Waals surface area contributed by atoms with Crippen molar-refractivity contribution in [2.24, 2.45) is 5.73 Å². The van der Waals surface area contributed by atoms with Crippen molar-refractivity contribution in [1.82, 2.24) is 5.32 Å². The third kappa shape index (κ3) is 3.07. The molecule has 0 radical (unpaired) electrons. The fraction of sp³-hybridized carbons (Fsp3) is 0.385. The number of anilines is 1. The summed E-state index contributed by atoms with van der Waals surface area (Å²) in [5, 5.41) is 6.01. The molecule has 1 fully saturated rings. The lowest BCUT2D eigenvalue weighted by Crippen LogP contribution is -2.43. The van der Waals surface area contributed by atoms with E-state index in [1.807, 2.05) is 0 Å². The number of carbonyl (C=O) groups excluding carboxylic acids is 2. The van der Waals surface area contributed by atoms with Crippen molar-refractivity contribution >= 4 is 17.5 Å². The molecule has 1 aliphatic heterocycles. The monoisotopic (exact) mass is 247 g/mol. The number of amides is 2. The molecule has 4 N–H and O–H groups in total. The first-order chi connectivity index (χ1) is 8.66. The minimum atomic E-state index is -0.471. The van der Waals surface area contributed by atoms with Crippen molar-refractivity contribution in [3.05, 3.63) is 29.8 Å². The second kappa shape index (κ2) is 5.64. The van der Waals surface area contributed by atoms with Crippen LogP contribution in [0.3, 0.4) is 0 Å². The Morgan fingerprint density at radius 3 is 2.50 bits per heavy atom. The van der Waals surface area contributed by atoms with Crippen LogP contribution in [0.1, 0.15) is 29.6 Å². The van der Waals surface area contributed by atoms with E-state index < -0.39 is 5.91 Å². The Morgan fingerprint density at radius 1 is 1.22 bits per heavy atom. The molecule has 0 spiro atoms. The van der Waals surface area contributed by atoms with Crippen LogP contribution in [0, 0.1) is 0 Å². The van der Waals surface area contributed by atoms with Gasteiger partial charge < -0.3 is 16.4 Å². The second-order valence-corrected chi connectivity index (χ2v) is 4.43. The van der Waals surface area contributed by atoms with Crippen molar-refractivity contribution in [1.29, 1.82) is 0 Å². The normalized spacial score (nSPS) is 19.2. The van der Waals surface area contributed by atoms with Gasteiger partial charge in [-0.15, -0.1) is 0 Å². The van der Waals surface area contributed by atoms with Crippen LogP contribution >= 0.6 is 0 Å². The van der Waals surface area contributed by atoms with Gasteiger partial charge in [-0.3, -0.25) is 9.59 Å². The van der Waals surface area contributed by atoms with Gasteiger partial charge >= 0.3 is 0 Å². The van der Waals surface area contributed by atoms with Crippen molar-refractivity contribution in [3.8, 4) is 0 Å². The van der Waals surface area contributed by atoms with Crippen LogP contribution in [0.5, 0.6) is 0 Å². The summed E-state index contributed by atoms with van der Waals surface area (Å²) in [5.41, 5.74) is 6.26. The zero-order chi connectivity index (χ0) is 13.0. The van der Waals surface area contributed by atoms with Crippen LogP contribution < -0.4 is 16.4 Å². The number of nitrogens with one attached hydrogen (secondary N) is 2. The summed E-state index contributed by atoms with van der Waals surface area (Å²) in [6, 6.07) is 6.45. The Hall–Kier alpha value is -1.88. The zero-order valence-electron chi connectivity index (χ0n) is 10.1. The van der Waals surface area contributed by atoms with E-state index in [1.165, 1.54) is 0 Å². The first-order valence-corrected chi connectivity index (χ1v) is 6.11. The van der Waals surface area contributed by atoms with Gasteiger partial charge in [0, 0.05) is 11.3 Å². The molecule has 1 saturated heterocycles. The highest BCUT2D eigenvalue weighted by atomic mass is 16.2. The first-order valence-electron chi connectivity index (χ1n) is 6.11. The van der Waals surface area contributed by atoms with Gasteiger partial charge in [0.05, 0.1) is 6.04 Å². The molecular formula is C13H17N3O2. The molecule has 0 saturated carbocycles. The predicted molar refractivity (Wildman–Crippen MR) is 69.2 cm³/mol. The number of rotatable bonds is 3. The van der Waals surface area contributed by atoms with Gasteiger partial charge in [-0.05, 0) is 43.7 Å². The molecule has 0 aliphatic carbocycles. The summed E-state index contributed by atoms with van der Waals surface area (Å²) < 4.78 is 0. The van der Waals surface area contributed by atoms with Crippen molar-refractivity contribution < 1.29 is 9.59 Å². The lowest BCUT2D eigenvalue weighted by atomic mass is 10.0. The van der Waals surface area contributed by atoms with Crippen LogP contribution in [-0.2, 0) is 4.79 Å². The highest BCUT2D eigenvalue weighted by molar-refractivity contribution is 5.96. The molecule has 2 rings (SSSR count). The Kier molecular flexibility index (Phi) is 3.94. The summed E-state index contributed by atoms with van der Waals surface area (Å²) in [6.45, 7) is 0.888. The van der Waals surface area contributed by atoms with E-state index in [-0.39, 0.29) is 11.9 Å². The van der Waals surface area contributed by atoms with E-state index in [2.05, 4.69) is 10.6 Å². The molecular weight excluding hydrogens is 230 g/mol. The van der Waals surface area contributed by atoms with Gasteiger partial charge in [0.25, 0.3) is 0 Å². The average molecular weight is 247 g/mol. The SMILES string of the molecule is NC(=O)c1ccc(NC(=O)C2CCCCN2)cc1. The predicted octanol–water partition coefficient (Wildman–Crippen LogP) is 0.866. The van der Waals surface area contributed by atoms with Crippen molar-refractivity contribution in [2.45, 2.75) is 25.3 Å². The quantitative estimate of drug-likeness (QED) is 0.741. The van der Waals surface area contributed by atoms with Gasteiger partial charge in [-0.1, -0.05) is 6.42 Å². The molecule has 5 heteroatoms. The number of hydrogen-bond donors (Lipinski definition) is 3. The maximum absolute atomic E-state index is 11.9. The van der Waals surface area contributed by atoms with Gasteiger partial charge in [0.1, 0.15) is 0 Å². The molecule has 96 valence electrons.